The molecule has 0 radical (unpaired) electrons. The highest BCUT2D eigenvalue weighted by Gasteiger charge is 2.47. The van der Waals surface area contributed by atoms with Crippen molar-refractivity contribution >= 4 is 33.4 Å². The molecule has 312 valence electrons. The van der Waals surface area contributed by atoms with Crippen molar-refractivity contribution in [2.75, 3.05) is 45.4 Å². The van der Waals surface area contributed by atoms with E-state index in [1.165, 1.54) is 27.9 Å². The van der Waals surface area contributed by atoms with Crippen molar-refractivity contribution in [3.63, 3.8) is 0 Å². The first kappa shape index (κ1) is 38.9. The zero-order chi connectivity index (χ0) is 42.7. The van der Waals surface area contributed by atoms with Crippen LogP contribution >= 0.6 is 0 Å². The van der Waals surface area contributed by atoms with Gasteiger partial charge in [-0.3, -0.25) is 0 Å². The van der Waals surface area contributed by atoms with Crippen LogP contribution in [0.1, 0.15) is 54.5 Å². The van der Waals surface area contributed by atoms with Crippen LogP contribution < -0.4 is 19.1 Å². The molecule has 11 rings (SSSR count). The third-order valence-electron chi connectivity index (χ3n) is 13.8. The molecule has 2 aliphatic heterocycles. The predicted octanol–water partition coefficient (Wildman–Crippen LogP) is 12.4. The second-order valence-corrected chi connectivity index (χ2v) is 16.8. The maximum atomic E-state index is 7.80. The number of aromatic nitrogens is 2. The number of hydrogen-bond donors (Lipinski definition) is 0. The first-order valence-electron chi connectivity index (χ1n) is 22.1. The van der Waals surface area contributed by atoms with Gasteiger partial charge in [0.05, 0.1) is 38.6 Å². The van der Waals surface area contributed by atoms with Gasteiger partial charge in [-0.15, -0.1) is 0 Å². The standard InChI is InChI=1S/C56H49N3O4/c1-5-55(6-2)46-18-12-10-16-41(46)50-44-34-48(60-3)49(61-4)35-45(44)53-43(51(50)55)28-29-56(63-53,39-24-26-40(27-25-39)59-30-32-62-33-31-59)38-22-20-37(21-23-38)54-57-47-19-13-11-17-42(47)52(58-54)36-14-8-7-9-15-36/h7-29,34-35H,5-6,30-33H2,1-4H3. The third kappa shape index (κ3) is 6.05. The fourth-order valence-corrected chi connectivity index (χ4v) is 10.6. The summed E-state index contributed by atoms with van der Waals surface area (Å²) in [7, 11) is 3.40. The van der Waals surface area contributed by atoms with Crippen molar-refractivity contribution < 1.29 is 18.9 Å². The van der Waals surface area contributed by atoms with Gasteiger partial charge in [0.15, 0.2) is 22.9 Å². The Bertz CT molecular complexity index is 3060. The zero-order valence-corrected chi connectivity index (χ0v) is 36.2. The molecule has 0 spiro atoms. The van der Waals surface area contributed by atoms with E-state index in [4.69, 9.17) is 28.9 Å². The van der Waals surface area contributed by atoms with Crippen molar-refractivity contribution in [2.45, 2.75) is 37.7 Å². The summed E-state index contributed by atoms with van der Waals surface area (Å²) in [5.41, 5.74) is 12.1. The first-order valence-corrected chi connectivity index (χ1v) is 22.1. The molecule has 0 amide bonds. The second-order valence-electron chi connectivity index (χ2n) is 16.8. The Balaban J connectivity index is 1.12. The molecule has 1 atom stereocenters. The highest BCUT2D eigenvalue weighted by molar-refractivity contribution is 6.09. The zero-order valence-electron chi connectivity index (χ0n) is 36.2. The number of nitrogens with zero attached hydrogens (tertiary/aromatic N) is 3. The predicted molar refractivity (Wildman–Crippen MR) is 254 cm³/mol. The van der Waals surface area contributed by atoms with Gasteiger partial charge < -0.3 is 23.8 Å². The Hall–Kier alpha value is -6.96. The minimum Gasteiger partial charge on any atom is -0.493 e. The van der Waals surface area contributed by atoms with Crippen LogP contribution in [0.15, 0.2) is 146 Å². The number of benzene rings is 7. The molecule has 0 N–H and O–H groups in total. The summed E-state index contributed by atoms with van der Waals surface area (Å²) >= 11 is 0. The van der Waals surface area contributed by atoms with Gasteiger partial charge in [0.2, 0.25) is 0 Å². The number of morpholine rings is 1. The van der Waals surface area contributed by atoms with Crippen LogP contribution in [-0.4, -0.2) is 50.5 Å². The molecule has 1 aliphatic carbocycles. The maximum Gasteiger partial charge on any atom is 0.178 e. The molecule has 0 saturated carbocycles. The minimum atomic E-state index is -0.991. The summed E-state index contributed by atoms with van der Waals surface area (Å²) < 4.78 is 25.5. The largest absolute Gasteiger partial charge is 0.493 e. The molecule has 1 unspecified atom stereocenters. The maximum absolute atomic E-state index is 7.80. The fourth-order valence-electron chi connectivity index (χ4n) is 10.6. The Kier molecular flexibility index (Phi) is 9.54. The Morgan fingerprint density at radius 2 is 1.30 bits per heavy atom. The highest BCUT2D eigenvalue weighted by atomic mass is 16.5. The number of methoxy groups -OCH3 is 2. The van der Waals surface area contributed by atoms with Gasteiger partial charge >= 0.3 is 0 Å². The topological polar surface area (TPSA) is 65.9 Å². The summed E-state index contributed by atoms with van der Waals surface area (Å²) in [5.74, 6) is 2.85. The summed E-state index contributed by atoms with van der Waals surface area (Å²) in [6, 6.07) is 49.3. The van der Waals surface area contributed by atoms with Crippen LogP contribution in [0.2, 0.25) is 0 Å². The number of para-hydroxylation sites is 1. The van der Waals surface area contributed by atoms with Crippen LogP contribution in [0.25, 0.3) is 61.5 Å². The van der Waals surface area contributed by atoms with E-state index in [9.17, 15) is 0 Å². The van der Waals surface area contributed by atoms with Gasteiger partial charge in [-0.1, -0.05) is 129 Å². The smallest absolute Gasteiger partial charge is 0.178 e. The van der Waals surface area contributed by atoms with Crippen LogP contribution in [0, 0.1) is 0 Å². The number of hydrogen-bond acceptors (Lipinski definition) is 7. The van der Waals surface area contributed by atoms with Crippen molar-refractivity contribution in [1.82, 2.24) is 9.97 Å². The lowest BCUT2D eigenvalue weighted by molar-refractivity contribution is 0.122. The molecule has 8 aromatic rings. The Labute approximate surface area is 368 Å². The van der Waals surface area contributed by atoms with Crippen LogP contribution in [0.4, 0.5) is 5.69 Å². The summed E-state index contributed by atoms with van der Waals surface area (Å²) in [4.78, 5) is 12.7. The normalized spacial score (nSPS) is 17.2. The molecular weight excluding hydrogens is 779 g/mol. The molecule has 7 heteroatoms. The van der Waals surface area contributed by atoms with Gasteiger partial charge in [-0.2, -0.15) is 0 Å². The van der Waals surface area contributed by atoms with E-state index in [0.717, 1.165) is 100 Å². The molecule has 3 heterocycles. The van der Waals surface area contributed by atoms with Gasteiger partial charge in [0, 0.05) is 62.8 Å². The van der Waals surface area contributed by atoms with Crippen LogP contribution in [0.5, 0.6) is 17.2 Å². The van der Waals surface area contributed by atoms with E-state index in [1.807, 2.05) is 18.2 Å². The van der Waals surface area contributed by atoms with E-state index in [0.29, 0.717) is 17.3 Å². The molecule has 3 aliphatic rings. The molecule has 1 saturated heterocycles. The summed E-state index contributed by atoms with van der Waals surface area (Å²) in [6.45, 7) is 7.80. The number of fused-ring (bicyclic) bond motifs is 9. The van der Waals surface area contributed by atoms with Crippen LogP contribution in [-0.2, 0) is 15.8 Å². The first-order chi connectivity index (χ1) is 31.0. The van der Waals surface area contributed by atoms with Gasteiger partial charge in [-0.05, 0) is 76.9 Å². The quantitative estimate of drug-likeness (QED) is 0.144. The lowest BCUT2D eigenvalue weighted by Crippen LogP contribution is -2.37. The van der Waals surface area contributed by atoms with E-state index in [1.54, 1.807) is 14.2 Å². The van der Waals surface area contributed by atoms with Gasteiger partial charge in [0.25, 0.3) is 0 Å². The molecule has 63 heavy (non-hydrogen) atoms. The van der Waals surface area contributed by atoms with E-state index in [-0.39, 0.29) is 5.41 Å². The van der Waals surface area contributed by atoms with E-state index in [2.05, 4.69) is 152 Å². The molecular formula is C56H49N3O4. The van der Waals surface area contributed by atoms with Crippen molar-refractivity contribution in [3.8, 4) is 51.0 Å². The summed E-state index contributed by atoms with van der Waals surface area (Å²) in [6.07, 6.45) is 6.51. The SMILES string of the molecule is CCC1(CC)c2ccccc2-c2c1c1c(c3cc(OC)c(OC)cc23)OC(c2ccc(-c3nc(-c4ccccc4)c4ccccc4n3)cc2)(c2ccc(N3CCOCC3)cc2)C=C1. The molecule has 1 fully saturated rings. The molecule has 1 aromatic heterocycles. The summed E-state index contributed by atoms with van der Waals surface area (Å²) in [5, 5.41) is 3.09. The Morgan fingerprint density at radius 1 is 0.651 bits per heavy atom. The lowest BCUT2D eigenvalue weighted by atomic mass is 9.71. The van der Waals surface area contributed by atoms with Crippen LogP contribution in [0.3, 0.4) is 0 Å². The highest BCUT2D eigenvalue weighted by Crippen LogP contribution is 2.61. The molecule has 0 bridgehead atoms. The third-order valence-corrected chi connectivity index (χ3v) is 13.8. The van der Waals surface area contributed by atoms with Gasteiger partial charge in [-0.25, -0.2) is 9.97 Å². The average Bonchev–Trinajstić information content (AvgIpc) is 3.66. The van der Waals surface area contributed by atoms with Gasteiger partial charge in [0.1, 0.15) is 5.75 Å². The minimum absolute atomic E-state index is 0.203. The monoisotopic (exact) mass is 827 g/mol. The number of anilines is 1. The second kappa shape index (κ2) is 15.4. The number of ether oxygens (including phenoxy) is 4. The van der Waals surface area contributed by atoms with E-state index >= 15 is 0 Å². The Morgan fingerprint density at radius 3 is 2.02 bits per heavy atom. The average molecular weight is 828 g/mol. The van der Waals surface area contributed by atoms with Crippen molar-refractivity contribution in [3.05, 3.63) is 173 Å². The van der Waals surface area contributed by atoms with Crippen molar-refractivity contribution in [2.24, 2.45) is 0 Å². The number of rotatable bonds is 9. The molecule has 7 aromatic carbocycles. The van der Waals surface area contributed by atoms with Crippen molar-refractivity contribution in [1.29, 1.82) is 0 Å². The fraction of sp³-hybridized carbons (Fsp3) is 0.214. The lowest BCUT2D eigenvalue weighted by Gasteiger charge is -2.39. The molecule has 7 nitrogen and oxygen atoms in total. The van der Waals surface area contributed by atoms with E-state index < -0.39 is 5.60 Å².